The van der Waals surface area contributed by atoms with Gasteiger partial charge in [-0.2, -0.15) is 0 Å². The highest BCUT2D eigenvalue weighted by Gasteiger charge is 2.28. The van der Waals surface area contributed by atoms with Crippen LogP contribution in [0.4, 0.5) is 4.79 Å². The number of piperidine rings is 1. The molecular formula is C19H36N4O. The maximum Gasteiger partial charge on any atom is 0.317 e. The molecule has 0 aromatic carbocycles. The molecule has 0 aromatic heterocycles. The van der Waals surface area contributed by atoms with Crippen molar-refractivity contribution in [1.82, 2.24) is 20.0 Å². The van der Waals surface area contributed by atoms with Gasteiger partial charge in [0.25, 0.3) is 0 Å². The van der Waals surface area contributed by atoms with Crippen LogP contribution in [0, 0.1) is 5.92 Å². The molecule has 138 valence electrons. The van der Waals surface area contributed by atoms with E-state index < -0.39 is 0 Å². The Labute approximate surface area is 147 Å². The molecule has 2 heterocycles. The minimum absolute atomic E-state index is 0.188. The molecule has 5 nitrogen and oxygen atoms in total. The number of nitrogens with one attached hydrogen (secondary N) is 1. The number of rotatable bonds is 3. The van der Waals surface area contributed by atoms with E-state index in [1.807, 2.05) is 0 Å². The Balaban J connectivity index is 1.38. The van der Waals surface area contributed by atoms with Crippen LogP contribution in [0.25, 0.3) is 0 Å². The number of hydrogen-bond donors (Lipinski definition) is 1. The Hall–Kier alpha value is -0.810. The predicted molar refractivity (Wildman–Crippen MR) is 98.2 cm³/mol. The monoisotopic (exact) mass is 336 g/mol. The number of likely N-dealkylation sites (tertiary alicyclic amines) is 1. The quantitative estimate of drug-likeness (QED) is 0.860. The number of urea groups is 1. The lowest BCUT2D eigenvalue weighted by Gasteiger charge is -2.41. The van der Waals surface area contributed by atoms with Crippen LogP contribution in [-0.4, -0.2) is 79.1 Å². The van der Waals surface area contributed by atoms with Crippen molar-refractivity contribution in [2.24, 2.45) is 5.92 Å². The zero-order valence-corrected chi connectivity index (χ0v) is 15.7. The van der Waals surface area contributed by atoms with E-state index in [9.17, 15) is 4.79 Å². The van der Waals surface area contributed by atoms with Crippen molar-refractivity contribution in [3.63, 3.8) is 0 Å². The van der Waals surface area contributed by atoms with Crippen molar-refractivity contribution in [3.8, 4) is 0 Å². The number of nitrogens with zero attached hydrogens (tertiary/aromatic N) is 3. The summed E-state index contributed by atoms with van der Waals surface area (Å²) in [7, 11) is 2.22. The van der Waals surface area contributed by atoms with Crippen LogP contribution in [0.15, 0.2) is 0 Å². The van der Waals surface area contributed by atoms with Gasteiger partial charge >= 0.3 is 6.03 Å². The molecule has 5 heteroatoms. The lowest BCUT2D eigenvalue weighted by Crippen LogP contribution is -2.53. The molecule has 3 aliphatic rings. The second-order valence-corrected chi connectivity index (χ2v) is 8.32. The molecule has 1 saturated carbocycles. The molecule has 24 heavy (non-hydrogen) atoms. The van der Waals surface area contributed by atoms with Gasteiger partial charge in [-0.3, -0.25) is 4.90 Å². The lowest BCUT2D eigenvalue weighted by molar-refractivity contribution is 0.0709. The summed E-state index contributed by atoms with van der Waals surface area (Å²) in [5, 5.41) is 3.27. The van der Waals surface area contributed by atoms with Gasteiger partial charge in [-0.05, 0) is 45.6 Å². The molecule has 0 spiro atoms. The third-order valence-electron chi connectivity index (χ3n) is 6.30. The largest absolute Gasteiger partial charge is 0.335 e. The summed E-state index contributed by atoms with van der Waals surface area (Å²) in [6, 6.07) is 1.28. The summed E-state index contributed by atoms with van der Waals surface area (Å²) in [6.07, 6.45) is 8.55. The normalized spacial score (nSPS) is 28.9. The summed E-state index contributed by atoms with van der Waals surface area (Å²) in [6.45, 7) is 9.00. The Morgan fingerprint density at radius 1 is 1.00 bits per heavy atom. The number of amides is 2. The van der Waals surface area contributed by atoms with Gasteiger partial charge in [0.15, 0.2) is 0 Å². The molecule has 1 aliphatic carbocycles. The fourth-order valence-corrected chi connectivity index (χ4v) is 4.61. The number of carbonyl (C=O) groups is 1. The van der Waals surface area contributed by atoms with Crippen LogP contribution in [-0.2, 0) is 0 Å². The van der Waals surface area contributed by atoms with E-state index in [4.69, 9.17) is 0 Å². The zero-order chi connectivity index (χ0) is 16.9. The summed E-state index contributed by atoms with van der Waals surface area (Å²) in [5.74, 6) is 0.759. The average molecular weight is 337 g/mol. The molecule has 2 aliphatic heterocycles. The summed E-state index contributed by atoms with van der Waals surface area (Å²) >= 11 is 0. The van der Waals surface area contributed by atoms with Gasteiger partial charge < -0.3 is 15.1 Å². The van der Waals surface area contributed by atoms with Crippen molar-refractivity contribution in [3.05, 3.63) is 0 Å². The zero-order valence-electron chi connectivity index (χ0n) is 15.7. The Morgan fingerprint density at radius 3 is 2.38 bits per heavy atom. The highest BCUT2D eigenvalue weighted by Crippen LogP contribution is 2.22. The van der Waals surface area contributed by atoms with Gasteiger partial charge in [-0.15, -0.1) is 0 Å². The van der Waals surface area contributed by atoms with Crippen LogP contribution in [0.1, 0.15) is 51.9 Å². The Morgan fingerprint density at radius 2 is 1.71 bits per heavy atom. The van der Waals surface area contributed by atoms with Crippen molar-refractivity contribution in [1.29, 1.82) is 0 Å². The third-order valence-corrected chi connectivity index (χ3v) is 6.30. The Kier molecular flexibility index (Phi) is 6.39. The maximum atomic E-state index is 12.5. The van der Waals surface area contributed by atoms with E-state index >= 15 is 0 Å². The first-order valence-corrected chi connectivity index (χ1v) is 10.1. The first-order valence-electron chi connectivity index (χ1n) is 10.1. The summed E-state index contributed by atoms with van der Waals surface area (Å²) in [5.41, 5.74) is 0. The highest BCUT2D eigenvalue weighted by atomic mass is 16.2. The van der Waals surface area contributed by atoms with Gasteiger partial charge in [0.1, 0.15) is 0 Å². The molecule has 3 fully saturated rings. The molecule has 2 amide bonds. The minimum Gasteiger partial charge on any atom is -0.335 e. The molecule has 1 N–H and O–H groups in total. The SMILES string of the molecule is CC1CN(C)CCN1CC1CCN(C(=O)NC2CCCCC2)CC1. The van der Waals surface area contributed by atoms with E-state index in [1.54, 1.807) is 0 Å². The molecule has 1 atom stereocenters. The van der Waals surface area contributed by atoms with Gasteiger partial charge in [0.05, 0.1) is 0 Å². The van der Waals surface area contributed by atoms with E-state index in [2.05, 4.69) is 34.0 Å². The van der Waals surface area contributed by atoms with Crippen LogP contribution in [0.5, 0.6) is 0 Å². The lowest BCUT2D eigenvalue weighted by atomic mass is 9.94. The molecule has 1 unspecified atom stereocenters. The number of likely N-dealkylation sites (N-methyl/N-ethyl adjacent to an activating group) is 1. The van der Waals surface area contributed by atoms with Crippen LogP contribution >= 0.6 is 0 Å². The van der Waals surface area contributed by atoms with Crippen LogP contribution in [0.2, 0.25) is 0 Å². The summed E-state index contributed by atoms with van der Waals surface area (Å²) < 4.78 is 0. The molecule has 0 aromatic rings. The smallest absolute Gasteiger partial charge is 0.317 e. The topological polar surface area (TPSA) is 38.8 Å². The predicted octanol–water partition coefficient (Wildman–Crippen LogP) is 2.38. The highest BCUT2D eigenvalue weighted by molar-refractivity contribution is 5.74. The van der Waals surface area contributed by atoms with Gasteiger partial charge in [-0.25, -0.2) is 4.79 Å². The van der Waals surface area contributed by atoms with E-state index in [0.717, 1.165) is 31.8 Å². The number of piperazine rings is 1. The molecule has 2 saturated heterocycles. The first kappa shape index (κ1) is 18.0. The van der Waals surface area contributed by atoms with Gasteiger partial charge in [-0.1, -0.05) is 19.3 Å². The molecule has 0 bridgehead atoms. The second kappa shape index (κ2) is 8.52. The van der Waals surface area contributed by atoms with Crippen molar-refractivity contribution >= 4 is 6.03 Å². The van der Waals surface area contributed by atoms with Crippen molar-refractivity contribution in [2.75, 3.05) is 46.3 Å². The van der Waals surface area contributed by atoms with Crippen molar-refractivity contribution in [2.45, 2.75) is 64.0 Å². The molecular weight excluding hydrogens is 300 g/mol. The van der Waals surface area contributed by atoms with Gasteiger partial charge in [0.2, 0.25) is 0 Å². The van der Waals surface area contributed by atoms with Gasteiger partial charge in [0, 0.05) is 51.4 Å². The second-order valence-electron chi connectivity index (χ2n) is 8.32. The number of carbonyl (C=O) groups excluding carboxylic acids is 1. The van der Waals surface area contributed by atoms with E-state index in [0.29, 0.717) is 12.1 Å². The fraction of sp³-hybridized carbons (Fsp3) is 0.947. The standard InChI is InChI=1S/C19H36N4O/c1-16-14-21(2)12-13-23(16)15-17-8-10-22(11-9-17)19(24)20-18-6-4-3-5-7-18/h16-18H,3-15H2,1-2H3,(H,20,24). The Bertz CT molecular complexity index is 402. The number of hydrogen-bond acceptors (Lipinski definition) is 3. The van der Waals surface area contributed by atoms with Crippen LogP contribution in [0.3, 0.4) is 0 Å². The first-order chi connectivity index (χ1) is 11.6. The minimum atomic E-state index is 0.188. The summed E-state index contributed by atoms with van der Waals surface area (Å²) in [4.78, 5) is 19.6. The fourth-order valence-electron chi connectivity index (χ4n) is 4.61. The maximum absolute atomic E-state index is 12.5. The third kappa shape index (κ3) is 4.85. The molecule has 0 radical (unpaired) electrons. The molecule has 3 rings (SSSR count). The van der Waals surface area contributed by atoms with Crippen LogP contribution < -0.4 is 5.32 Å². The van der Waals surface area contributed by atoms with E-state index in [1.165, 1.54) is 58.3 Å². The van der Waals surface area contributed by atoms with E-state index in [-0.39, 0.29) is 6.03 Å². The average Bonchev–Trinajstić information content (AvgIpc) is 2.59. The van der Waals surface area contributed by atoms with Crippen molar-refractivity contribution < 1.29 is 4.79 Å².